The second-order valence-corrected chi connectivity index (χ2v) is 13.4. The highest BCUT2D eigenvalue weighted by Gasteiger charge is 2.33. The maximum Gasteiger partial charge on any atom is 0.244 e. The fourth-order valence-corrected chi connectivity index (χ4v) is 4.86. The summed E-state index contributed by atoms with van der Waals surface area (Å²) >= 11 is 0. The molecule has 0 amide bonds. The van der Waals surface area contributed by atoms with E-state index in [1.807, 2.05) is 0 Å². The second-order valence-electron chi connectivity index (χ2n) is 8.98. The van der Waals surface area contributed by atoms with Gasteiger partial charge in [0.1, 0.15) is 0 Å². The van der Waals surface area contributed by atoms with Gasteiger partial charge in [0.15, 0.2) is 5.88 Å². The Labute approximate surface area is 171 Å². The zero-order chi connectivity index (χ0) is 20.8. The van der Waals surface area contributed by atoms with E-state index >= 15 is 0 Å². The van der Waals surface area contributed by atoms with E-state index in [0.717, 1.165) is 11.6 Å². The lowest BCUT2D eigenvalue weighted by Gasteiger charge is -2.29. The van der Waals surface area contributed by atoms with Crippen molar-refractivity contribution >= 4 is 19.7 Å². The number of rotatable bonds is 4. The lowest BCUT2D eigenvalue weighted by Crippen LogP contribution is -2.31. The highest BCUT2D eigenvalue weighted by atomic mass is 28.4. The molecule has 0 unspecified atom stereocenters. The zero-order valence-electron chi connectivity index (χ0n) is 18.7. The summed E-state index contributed by atoms with van der Waals surface area (Å²) in [5.74, 6) is 0.855. The van der Waals surface area contributed by atoms with Crippen LogP contribution >= 0.6 is 0 Å². The standard InChI is InChI=1S/C24H32N2OSi/c1-16-10-18(3)23(19(4)11-16)25-14-22(27-28(7,8)9)26(15-25)24-20(5)12-17(2)13-21(24)6/h10-14H,1-9H3. The molecule has 1 aliphatic heterocycles. The van der Waals surface area contributed by atoms with E-state index in [1.165, 1.54) is 39.1 Å². The molecule has 1 heterocycles. The van der Waals surface area contributed by atoms with Crippen LogP contribution in [0, 0.1) is 48.2 Å². The van der Waals surface area contributed by atoms with Gasteiger partial charge in [-0.2, -0.15) is 0 Å². The number of hydrogen-bond donors (Lipinski definition) is 0. The summed E-state index contributed by atoms with van der Waals surface area (Å²) in [4.78, 5) is 4.19. The largest absolute Gasteiger partial charge is 0.532 e. The summed E-state index contributed by atoms with van der Waals surface area (Å²) < 4.78 is 6.48. The monoisotopic (exact) mass is 392 g/mol. The number of aryl methyl sites for hydroxylation is 6. The SMILES string of the molecule is Cc1cc(C)c(N2[C]N(c3c(C)cc(C)cc3C)C(O[Si](C)(C)C)=C2)c(C)c1. The Morgan fingerprint density at radius 1 is 0.714 bits per heavy atom. The molecule has 1 aliphatic rings. The van der Waals surface area contributed by atoms with Gasteiger partial charge in [0.05, 0.1) is 11.9 Å². The van der Waals surface area contributed by atoms with Crippen LogP contribution in [0.2, 0.25) is 19.6 Å². The van der Waals surface area contributed by atoms with E-state index in [1.54, 1.807) is 0 Å². The molecular weight excluding hydrogens is 360 g/mol. The van der Waals surface area contributed by atoms with Gasteiger partial charge in [-0.25, -0.2) is 0 Å². The molecule has 148 valence electrons. The molecule has 28 heavy (non-hydrogen) atoms. The molecule has 3 nitrogen and oxygen atoms in total. The second kappa shape index (κ2) is 7.32. The minimum Gasteiger partial charge on any atom is -0.532 e. The molecule has 2 radical (unpaired) electrons. The first-order chi connectivity index (χ1) is 13.0. The molecule has 0 fully saturated rings. The van der Waals surface area contributed by atoms with E-state index in [0.29, 0.717) is 0 Å². The molecule has 0 atom stereocenters. The van der Waals surface area contributed by atoms with Gasteiger partial charge in [-0.1, -0.05) is 35.4 Å². The van der Waals surface area contributed by atoms with Crippen molar-refractivity contribution in [1.82, 2.24) is 0 Å². The fraction of sp³-hybridized carbons (Fsp3) is 0.375. The molecule has 3 rings (SSSR count). The Morgan fingerprint density at radius 2 is 1.14 bits per heavy atom. The van der Waals surface area contributed by atoms with Crippen LogP contribution in [0.25, 0.3) is 0 Å². The zero-order valence-corrected chi connectivity index (χ0v) is 19.7. The van der Waals surface area contributed by atoms with Crippen LogP contribution in [-0.4, -0.2) is 8.32 Å². The van der Waals surface area contributed by atoms with Crippen LogP contribution in [0.5, 0.6) is 0 Å². The predicted molar refractivity (Wildman–Crippen MR) is 122 cm³/mol. The maximum absolute atomic E-state index is 6.48. The number of nitrogens with zero attached hydrogens (tertiary/aromatic N) is 2. The smallest absolute Gasteiger partial charge is 0.244 e. The van der Waals surface area contributed by atoms with Gasteiger partial charge < -0.3 is 9.33 Å². The van der Waals surface area contributed by atoms with Crippen molar-refractivity contribution in [1.29, 1.82) is 0 Å². The Hall–Kier alpha value is -2.20. The Morgan fingerprint density at radius 3 is 1.57 bits per heavy atom. The van der Waals surface area contributed by atoms with Crippen LogP contribution in [0.1, 0.15) is 33.4 Å². The van der Waals surface area contributed by atoms with E-state index in [9.17, 15) is 0 Å². The van der Waals surface area contributed by atoms with Gasteiger partial charge in [-0.15, -0.1) is 0 Å². The third-order valence-corrected chi connectivity index (χ3v) is 5.64. The molecule has 2 aromatic carbocycles. The van der Waals surface area contributed by atoms with Crippen molar-refractivity contribution in [3.05, 3.63) is 76.4 Å². The molecular formula is C24H32N2OSi. The topological polar surface area (TPSA) is 15.7 Å². The normalized spacial score (nSPS) is 14.5. The highest BCUT2D eigenvalue weighted by Crippen LogP contribution is 2.39. The third-order valence-electron chi connectivity index (χ3n) is 4.81. The molecule has 0 aromatic heterocycles. The van der Waals surface area contributed by atoms with Crippen LogP contribution < -0.4 is 9.80 Å². The number of hydrogen-bond acceptors (Lipinski definition) is 3. The quantitative estimate of drug-likeness (QED) is 0.552. The van der Waals surface area contributed by atoms with Crippen molar-refractivity contribution in [3.63, 3.8) is 0 Å². The average molecular weight is 393 g/mol. The molecule has 0 aliphatic carbocycles. The van der Waals surface area contributed by atoms with Crippen LogP contribution in [0.15, 0.2) is 36.3 Å². The average Bonchev–Trinajstić information content (AvgIpc) is 2.86. The summed E-state index contributed by atoms with van der Waals surface area (Å²) in [5, 5.41) is 0. The van der Waals surface area contributed by atoms with Crippen molar-refractivity contribution in [2.45, 2.75) is 61.2 Å². The van der Waals surface area contributed by atoms with Crippen LogP contribution in [0.4, 0.5) is 11.4 Å². The van der Waals surface area contributed by atoms with E-state index in [4.69, 9.17) is 4.43 Å². The summed E-state index contributed by atoms with van der Waals surface area (Å²) in [6.07, 6.45) is 2.08. The molecule has 0 bridgehead atoms. The van der Waals surface area contributed by atoms with Crippen LogP contribution in [0.3, 0.4) is 0 Å². The molecule has 4 heteroatoms. The first kappa shape index (κ1) is 20.5. The molecule has 0 saturated carbocycles. The summed E-state index contributed by atoms with van der Waals surface area (Å²) in [5.41, 5.74) is 9.83. The number of anilines is 2. The van der Waals surface area contributed by atoms with E-state index in [-0.39, 0.29) is 0 Å². The van der Waals surface area contributed by atoms with E-state index in [2.05, 4.69) is 108 Å². The van der Waals surface area contributed by atoms with Gasteiger partial charge in [-0.3, -0.25) is 4.90 Å². The minimum absolute atomic E-state index is 0.855. The van der Waals surface area contributed by atoms with Gasteiger partial charge in [0, 0.05) is 5.69 Å². The summed E-state index contributed by atoms with van der Waals surface area (Å²) in [7, 11) is -1.79. The molecule has 2 aromatic rings. The van der Waals surface area contributed by atoms with Crippen molar-refractivity contribution in [3.8, 4) is 0 Å². The predicted octanol–water partition coefficient (Wildman–Crippen LogP) is 6.51. The highest BCUT2D eigenvalue weighted by molar-refractivity contribution is 6.70. The fourth-order valence-electron chi connectivity index (χ4n) is 4.09. The Kier molecular flexibility index (Phi) is 5.37. The van der Waals surface area contributed by atoms with Crippen molar-refractivity contribution in [2.24, 2.45) is 0 Å². The minimum atomic E-state index is -1.79. The molecule has 0 N–H and O–H groups in total. The van der Waals surface area contributed by atoms with Gasteiger partial charge >= 0.3 is 0 Å². The molecule has 0 spiro atoms. The first-order valence-electron chi connectivity index (χ1n) is 9.88. The third kappa shape index (κ3) is 4.12. The van der Waals surface area contributed by atoms with Crippen LogP contribution in [-0.2, 0) is 4.43 Å². The Bertz CT molecular complexity index is 894. The van der Waals surface area contributed by atoms with Gasteiger partial charge in [0.2, 0.25) is 15.0 Å². The lowest BCUT2D eigenvalue weighted by molar-refractivity contribution is 0.414. The number of benzene rings is 2. The summed E-state index contributed by atoms with van der Waals surface area (Å²) in [6.45, 7) is 23.1. The van der Waals surface area contributed by atoms with Gasteiger partial charge in [-0.05, 0) is 83.4 Å². The Balaban J connectivity index is 2.09. The van der Waals surface area contributed by atoms with Crippen molar-refractivity contribution in [2.75, 3.05) is 9.80 Å². The summed E-state index contributed by atoms with van der Waals surface area (Å²) in [6, 6.07) is 8.90. The molecule has 0 saturated heterocycles. The first-order valence-corrected chi connectivity index (χ1v) is 13.3. The lowest BCUT2D eigenvalue weighted by atomic mass is 10.0. The van der Waals surface area contributed by atoms with Crippen molar-refractivity contribution < 1.29 is 4.43 Å². The maximum atomic E-state index is 6.48. The van der Waals surface area contributed by atoms with E-state index < -0.39 is 8.32 Å². The van der Waals surface area contributed by atoms with Gasteiger partial charge in [0.25, 0.3) is 0 Å².